The molecular weight excluding hydrogens is 346 g/mol. The highest BCUT2D eigenvalue weighted by molar-refractivity contribution is 9.10. The molecule has 0 radical (unpaired) electrons. The van der Waals surface area contributed by atoms with Gasteiger partial charge < -0.3 is 14.6 Å². The minimum Gasteiger partial charge on any atom is -0.496 e. The standard InChI is InChI=1S/C13H12BrNO4S/c1-18-6-9-11(13(16)17)20-12(15-9)8-5-7(14)3-4-10(8)19-2/h3-5H,6H2,1-2H3,(H,16,17). The molecule has 5 nitrogen and oxygen atoms in total. The molecule has 106 valence electrons. The molecule has 0 spiro atoms. The maximum atomic E-state index is 11.2. The molecule has 1 aromatic heterocycles. The number of nitrogens with zero attached hydrogens (tertiary/aromatic N) is 1. The number of carboxylic acid groups (broad SMARTS) is 1. The van der Waals surface area contributed by atoms with E-state index in [1.807, 2.05) is 12.1 Å². The van der Waals surface area contributed by atoms with E-state index in [1.54, 1.807) is 13.2 Å². The molecule has 0 saturated carbocycles. The van der Waals surface area contributed by atoms with Crippen LogP contribution in [-0.4, -0.2) is 30.3 Å². The minimum atomic E-state index is -1.00. The normalized spacial score (nSPS) is 10.6. The Morgan fingerprint density at radius 3 is 2.80 bits per heavy atom. The van der Waals surface area contributed by atoms with E-state index >= 15 is 0 Å². The van der Waals surface area contributed by atoms with Gasteiger partial charge in [-0.2, -0.15) is 0 Å². The second kappa shape index (κ2) is 6.34. The Kier molecular flexibility index (Phi) is 4.74. The summed E-state index contributed by atoms with van der Waals surface area (Å²) in [4.78, 5) is 15.8. The molecule has 7 heteroatoms. The predicted octanol–water partition coefficient (Wildman–Crippen LogP) is 3.43. The van der Waals surface area contributed by atoms with Crippen LogP contribution in [0.25, 0.3) is 10.6 Å². The van der Waals surface area contributed by atoms with E-state index in [-0.39, 0.29) is 11.5 Å². The molecule has 0 bridgehead atoms. The summed E-state index contributed by atoms with van der Waals surface area (Å²) in [6.45, 7) is 0.161. The summed E-state index contributed by atoms with van der Waals surface area (Å²) in [5.41, 5.74) is 1.17. The molecule has 2 rings (SSSR count). The Balaban J connectivity index is 2.55. The van der Waals surface area contributed by atoms with Gasteiger partial charge in [0.15, 0.2) is 0 Å². The van der Waals surface area contributed by atoms with Gasteiger partial charge in [-0.15, -0.1) is 11.3 Å². The lowest BCUT2D eigenvalue weighted by Crippen LogP contribution is -1.99. The molecule has 2 aromatic rings. The average molecular weight is 358 g/mol. The van der Waals surface area contributed by atoms with Crippen LogP contribution in [0.4, 0.5) is 0 Å². The van der Waals surface area contributed by atoms with Gasteiger partial charge in [-0.25, -0.2) is 9.78 Å². The van der Waals surface area contributed by atoms with E-state index in [0.29, 0.717) is 16.5 Å². The third kappa shape index (κ3) is 3.00. The van der Waals surface area contributed by atoms with Crippen molar-refractivity contribution in [2.45, 2.75) is 6.61 Å². The molecule has 0 unspecified atom stereocenters. The van der Waals surface area contributed by atoms with Crippen molar-refractivity contribution < 1.29 is 19.4 Å². The van der Waals surface area contributed by atoms with Crippen molar-refractivity contribution in [3.8, 4) is 16.3 Å². The van der Waals surface area contributed by atoms with Crippen molar-refractivity contribution in [1.82, 2.24) is 4.98 Å². The first-order chi connectivity index (χ1) is 9.56. The number of benzene rings is 1. The van der Waals surface area contributed by atoms with Gasteiger partial charge in [0.1, 0.15) is 15.6 Å². The van der Waals surface area contributed by atoms with Gasteiger partial charge in [0, 0.05) is 11.6 Å². The topological polar surface area (TPSA) is 68.7 Å². The number of ether oxygens (including phenoxy) is 2. The lowest BCUT2D eigenvalue weighted by Gasteiger charge is -2.06. The SMILES string of the molecule is COCc1nc(-c2cc(Br)ccc2OC)sc1C(=O)O. The first-order valence-corrected chi connectivity index (χ1v) is 7.23. The van der Waals surface area contributed by atoms with E-state index in [2.05, 4.69) is 20.9 Å². The Morgan fingerprint density at radius 1 is 1.45 bits per heavy atom. The first kappa shape index (κ1) is 15.0. The summed E-state index contributed by atoms with van der Waals surface area (Å²) >= 11 is 4.50. The van der Waals surface area contributed by atoms with Crippen molar-refractivity contribution in [3.05, 3.63) is 33.2 Å². The Hall–Kier alpha value is -1.44. The maximum Gasteiger partial charge on any atom is 0.347 e. The summed E-state index contributed by atoms with van der Waals surface area (Å²) in [7, 11) is 3.07. The van der Waals surface area contributed by atoms with Gasteiger partial charge in [0.25, 0.3) is 0 Å². The zero-order chi connectivity index (χ0) is 14.7. The smallest absolute Gasteiger partial charge is 0.347 e. The summed E-state index contributed by atoms with van der Waals surface area (Å²) in [6, 6.07) is 5.50. The molecule has 0 atom stereocenters. The fraction of sp³-hybridized carbons (Fsp3) is 0.231. The van der Waals surface area contributed by atoms with Crippen LogP contribution in [0.5, 0.6) is 5.75 Å². The molecule has 0 aliphatic rings. The average Bonchev–Trinajstić information content (AvgIpc) is 2.83. The predicted molar refractivity (Wildman–Crippen MR) is 79.5 cm³/mol. The highest BCUT2D eigenvalue weighted by Gasteiger charge is 2.20. The number of rotatable bonds is 5. The van der Waals surface area contributed by atoms with Crippen LogP contribution in [0.15, 0.2) is 22.7 Å². The molecule has 1 heterocycles. The van der Waals surface area contributed by atoms with Crippen LogP contribution in [0.1, 0.15) is 15.4 Å². The number of thiazole rings is 1. The Labute approximate surface area is 128 Å². The lowest BCUT2D eigenvalue weighted by molar-refractivity contribution is 0.0697. The van der Waals surface area contributed by atoms with Crippen molar-refractivity contribution in [1.29, 1.82) is 0 Å². The van der Waals surface area contributed by atoms with Gasteiger partial charge in [-0.05, 0) is 18.2 Å². The van der Waals surface area contributed by atoms with E-state index in [1.165, 1.54) is 7.11 Å². The number of halogens is 1. The molecule has 0 fully saturated rings. The highest BCUT2D eigenvalue weighted by Crippen LogP contribution is 2.36. The Bertz CT molecular complexity index is 641. The molecule has 0 aliphatic carbocycles. The summed E-state index contributed by atoms with van der Waals surface area (Å²) in [5.74, 6) is -0.363. The third-order valence-electron chi connectivity index (χ3n) is 2.56. The van der Waals surface area contributed by atoms with Crippen LogP contribution in [0, 0.1) is 0 Å². The molecule has 0 saturated heterocycles. The van der Waals surface area contributed by atoms with Gasteiger partial charge in [-0.3, -0.25) is 0 Å². The fourth-order valence-electron chi connectivity index (χ4n) is 1.72. The number of aromatic nitrogens is 1. The van der Waals surface area contributed by atoms with Crippen molar-refractivity contribution in [3.63, 3.8) is 0 Å². The molecule has 20 heavy (non-hydrogen) atoms. The molecule has 0 aliphatic heterocycles. The van der Waals surface area contributed by atoms with Gasteiger partial charge in [0.2, 0.25) is 0 Å². The van der Waals surface area contributed by atoms with Crippen molar-refractivity contribution in [2.24, 2.45) is 0 Å². The van der Waals surface area contributed by atoms with Crippen LogP contribution >= 0.6 is 27.3 Å². The zero-order valence-corrected chi connectivity index (χ0v) is 13.2. The second-order valence-electron chi connectivity index (χ2n) is 3.88. The lowest BCUT2D eigenvalue weighted by atomic mass is 10.2. The van der Waals surface area contributed by atoms with E-state index in [9.17, 15) is 9.90 Å². The Morgan fingerprint density at radius 2 is 2.20 bits per heavy atom. The first-order valence-electron chi connectivity index (χ1n) is 5.62. The van der Waals surface area contributed by atoms with Crippen LogP contribution in [0.3, 0.4) is 0 Å². The molecule has 1 aromatic carbocycles. The number of methoxy groups -OCH3 is 2. The summed E-state index contributed by atoms with van der Waals surface area (Å²) in [6.07, 6.45) is 0. The molecular formula is C13H12BrNO4S. The van der Waals surface area contributed by atoms with Crippen LogP contribution in [-0.2, 0) is 11.3 Å². The van der Waals surface area contributed by atoms with Gasteiger partial charge in [-0.1, -0.05) is 15.9 Å². The largest absolute Gasteiger partial charge is 0.496 e. The monoisotopic (exact) mass is 357 g/mol. The van der Waals surface area contributed by atoms with Crippen molar-refractivity contribution in [2.75, 3.05) is 14.2 Å². The zero-order valence-electron chi connectivity index (χ0n) is 10.8. The highest BCUT2D eigenvalue weighted by atomic mass is 79.9. The molecule has 1 N–H and O–H groups in total. The summed E-state index contributed by atoms with van der Waals surface area (Å²) < 4.78 is 11.1. The van der Waals surface area contributed by atoms with E-state index in [0.717, 1.165) is 21.4 Å². The summed E-state index contributed by atoms with van der Waals surface area (Å²) in [5, 5.41) is 9.80. The number of aromatic carboxylic acids is 1. The maximum absolute atomic E-state index is 11.2. The molecule has 0 amide bonds. The quantitative estimate of drug-likeness (QED) is 0.887. The van der Waals surface area contributed by atoms with E-state index in [4.69, 9.17) is 9.47 Å². The van der Waals surface area contributed by atoms with Crippen LogP contribution in [0.2, 0.25) is 0 Å². The van der Waals surface area contributed by atoms with E-state index < -0.39 is 5.97 Å². The second-order valence-corrected chi connectivity index (χ2v) is 5.79. The number of hydrogen-bond donors (Lipinski definition) is 1. The van der Waals surface area contributed by atoms with Crippen molar-refractivity contribution >= 4 is 33.2 Å². The number of carbonyl (C=O) groups is 1. The minimum absolute atomic E-state index is 0.161. The fourth-order valence-corrected chi connectivity index (χ4v) is 3.01. The third-order valence-corrected chi connectivity index (χ3v) is 4.18. The van der Waals surface area contributed by atoms with Crippen LogP contribution < -0.4 is 4.74 Å². The van der Waals surface area contributed by atoms with Gasteiger partial charge >= 0.3 is 5.97 Å². The number of carboxylic acids is 1. The number of hydrogen-bond acceptors (Lipinski definition) is 5. The van der Waals surface area contributed by atoms with Gasteiger partial charge in [0.05, 0.1) is 25.0 Å².